The third-order valence-corrected chi connectivity index (χ3v) is 4.00. The lowest BCUT2D eigenvalue weighted by molar-refractivity contribution is 0.132. The van der Waals surface area contributed by atoms with Crippen molar-refractivity contribution in [3.05, 3.63) is 29.8 Å². The molecule has 1 heterocycles. The maximum Gasteiger partial charge on any atom is 0.123 e. The van der Waals surface area contributed by atoms with Crippen LogP contribution in [0.4, 0.5) is 0 Å². The highest BCUT2D eigenvalue weighted by atomic mass is 16.5. The highest BCUT2D eigenvalue weighted by Crippen LogP contribution is 2.24. The number of nitrogens with zero attached hydrogens (tertiary/aromatic N) is 1. The molecule has 0 saturated heterocycles. The maximum atomic E-state index is 5.87. The van der Waals surface area contributed by atoms with E-state index >= 15 is 0 Å². The lowest BCUT2D eigenvalue weighted by Gasteiger charge is -2.33. The van der Waals surface area contributed by atoms with Gasteiger partial charge in [0.2, 0.25) is 0 Å². The zero-order valence-corrected chi connectivity index (χ0v) is 13.1. The topological polar surface area (TPSA) is 24.5 Å². The minimum absolute atomic E-state index is 0.566. The Morgan fingerprint density at radius 2 is 2.10 bits per heavy atom. The van der Waals surface area contributed by atoms with Gasteiger partial charge in [-0.05, 0) is 24.9 Å². The van der Waals surface area contributed by atoms with Gasteiger partial charge in [-0.25, -0.2) is 0 Å². The van der Waals surface area contributed by atoms with E-state index in [0.29, 0.717) is 12.0 Å². The molecule has 1 N–H and O–H groups in total. The van der Waals surface area contributed by atoms with E-state index in [1.165, 1.54) is 12.0 Å². The van der Waals surface area contributed by atoms with Crippen molar-refractivity contribution in [1.29, 1.82) is 0 Å². The molecular formula is C17H28N2O. The zero-order chi connectivity index (χ0) is 14.4. The first-order chi connectivity index (χ1) is 9.72. The molecule has 1 aromatic rings. The number of rotatable bonds is 6. The maximum absolute atomic E-state index is 5.87. The number of hydrogen-bond donors (Lipinski definition) is 1. The fourth-order valence-electron chi connectivity index (χ4n) is 2.84. The molecule has 1 atom stereocenters. The van der Waals surface area contributed by atoms with E-state index in [-0.39, 0.29) is 0 Å². The second-order valence-corrected chi connectivity index (χ2v) is 5.94. The highest BCUT2D eigenvalue weighted by molar-refractivity contribution is 5.33. The molecule has 0 spiro atoms. The molecule has 1 aliphatic rings. The third kappa shape index (κ3) is 3.97. The van der Waals surface area contributed by atoms with E-state index in [1.54, 1.807) is 0 Å². The van der Waals surface area contributed by atoms with Crippen molar-refractivity contribution in [3.63, 3.8) is 0 Å². The van der Waals surface area contributed by atoms with Gasteiger partial charge < -0.3 is 10.1 Å². The predicted octanol–water partition coefficient (Wildman–Crippen LogP) is 2.91. The molecule has 3 nitrogen and oxygen atoms in total. The smallest absolute Gasteiger partial charge is 0.123 e. The van der Waals surface area contributed by atoms with Crippen molar-refractivity contribution in [2.24, 2.45) is 5.92 Å². The molecule has 0 aromatic heterocycles. The summed E-state index contributed by atoms with van der Waals surface area (Å²) in [5.41, 5.74) is 1.31. The summed E-state index contributed by atoms with van der Waals surface area (Å²) in [7, 11) is 0. The number of hydrogen-bond acceptors (Lipinski definition) is 3. The van der Waals surface area contributed by atoms with Crippen molar-refractivity contribution in [2.45, 2.75) is 39.8 Å². The van der Waals surface area contributed by atoms with Crippen LogP contribution in [-0.4, -0.2) is 37.2 Å². The summed E-state index contributed by atoms with van der Waals surface area (Å²) in [5.74, 6) is 1.70. The van der Waals surface area contributed by atoms with E-state index in [0.717, 1.165) is 38.5 Å². The number of nitrogens with one attached hydrogen (secondary N) is 1. The van der Waals surface area contributed by atoms with Crippen LogP contribution < -0.4 is 10.1 Å². The van der Waals surface area contributed by atoms with E-state index < -0.39 is 0 Å². The molecule has 2 rings (SSSR count). The Morgan fingerprint density at radius 1 is 1.30 bits per heavy atom. The third-order valence-electron chi connectivity index (χ3n) is 4.00. The Balaban J connectivity index is 2.05. The molecule has 0 amide bonds. The van der Waals surface area contributed by atoms with E-state index in [1.807, 2.05) is 0 Å². The van der Waals surface area contributed by atoms with E-state index in [4.69, 9.17) is 4.74 Å². The summed E-state index contributed by atoms with van der Waals surface area (Å²) in [6.45, 7) is 11.8. The van der Waals surface area contributed by atoms with Gasteiger partial charge in [0.1, 0.15) is 12.4 Å². The van der Waals surface area contributed by atoms with Crippen molar-refractivity contribution in [3.8, 4) is 5.75 Å². The molecule has 1 unspecified atom stereocenters. The van der Waals surface area contributed by atoms with Gasteiger partial charge in [0, 0.05) is 31.2 Å². The lowest BCUT2D eigenvalue weighted by atomic mass is 10.0. The van der Waals surface area contributed by atoms with Crippen molar-refractivity contribution < 1.29 is 4.74 Å². The second-order valence-electron chi connectivity index (χ2n) is 5.94. The van der Waals surface area contributed by atoms with Crippen molar-refractivity contribution in [2.75, 3.05) is 26.2 Å². The first kappa shape index (κ1) is 15.3. The monoisotopic (exact) mass is 276 g/mol. The molecule has 0 saturated carbocycles. The Kier molecular flexibility index (Phi) is 5.86. The summed E-state index contributed by atoms with van der Waals surface area (Å²) in [4.78, 5) is 2.57. The average molecular weight is 276 g/mol. The van der Waals surface area contributed by atoms with E-state index in [2.05, 4.69) is 55.3 Å². The average Bonchev–Trinajstić information content (AvgIpc) is 2.65. The Hall–Kier alpha value is -1.06. The predicted molar refractivity (Wildman–Crippen MR) is 84.1 cm³/mol. The first-order valence-electron chi connectivity index (χ1n) is 7.87. The number of fused-ring (bicyclic) bond motifs is 1. The van der Waals surface area contributed by atoms with Crippen LogP contribution in [0.2, 0.25) is 0 Å². The molecule has 0 radical (unpaired) electrons. The Labute approximate surface area is 123 Å². The largest absolute Gasteiger partial charge is 0.492 e. The molecule has 0 aliphatic carbocycles. The van der Waals surface area contributed by atoms with E-state index in [9.17, 15) is 0 Å². The van der Waals surface area contributed by atoms with Gasteiger partial charge in [-0.1, -0.05) is 39.0 Å². The van der Waals surface area contributed by atoms with Gasteiger partial charge in [0.25, 0.3) is 0 Å². The molecule has 20 heavy (non-hydrogen) atoms. The standard InChI is InChI=1S/C17H28N2O/c1-4-9-18-12-16(14(2)3)19-10-11-20-17-8-6-5-7-15(17)13-19/h5-8,14,16,18H,4,9-13H2,1-3H3. The summed E-state index contributed by atoms with van der Waals surface area (Å²) in [6.07, 6.45) is 1.19. The number of ether oxygens (including phenoxy) is 1. The van der Waals surface area contributed by atoms with Gasteiger partial charge in [-0.3, -0.25) is 4.90 Å². The summed E-state index contributed by atoms with van der Waals surface area (Å²) >= 11 is 0. The lowest BCUT2D eigenvalue weighted by Crippen LogP contribution is -2.46. The quantitative estimate of drug-likeness (QED) is 0.809. The molecule has 1 aromatic carbocycles. The SMILES string of the molecule is CCCNCC(C(C)C)N1CCOc2ccccc2C1. The first-order valence-corrected chi connectivity index (χ1v) is 7.87. The van der Waals surface area contributed by atoms with Crippen LogP contribution in [0.25, 0.3) is 0 Å². The fraction of sp³-hybridized carbons (Fsp3) is 0.647. The normalized spacial score (nSPS) is 17.4. The van der Waals surface area contributed by atoms with Gasteiger partial charge in [-0.15, -0.1) is 0 Å². The van der Waals surface area contributed by atoms with Gasteiger partial charge in [-0.2, -0.15) is 0 Å². The molecule has 1 aliphatic heterocycles. The van der Waals surface area contributed by atoms with Crippen LogP contribution in [0.1, 0.15) is 32.8 Å². The van der Waals surface area contributed by atoms with Crippen LogP contribution in [0.3, 0.4) is 0 Å². The van der Waals surface area contributed by atoms with Crippen LogP contribution in [0.15, 0.2) is 24.3 Å². The minimum Gasteiger partial charge on any atom is -0.492 e. The van der Waals surface area contributed by atoms with Crippen LogP contribution in [0.5, 0.6) is 5.75 Å². The van der Waals surface area contributed by atoms with Crippen LogP contribution >= 0.6 is 0 Å². The van der Waals surface area contributed by atoms with Gasteiger partial charge >= 0.3 is 0 Å². The Bertz CT molecular complexity index is 406. The second kappa shape index (κ2) is 7.65. The summed E-state index contributed by atoms with van der Waals surface area (Å²) in [6, 6.07) is 8.99. The molecular weight excluding hydrogens is 248 g/mol. The summed E-state index contributed by atoms with van der Waals surface area (Å²) in [5, 5.41) is 3.58. The molecule has 0 bridgehead atoms. The fourth-order valence-corrected chi connectivity index (χ4v) is 2.84. The molecule has 0 fully saturated rings. The zero-order valence-electron chi connectivity index (χ0n) is 13.1. The summed E-state index contributed by atoms with van der Waals surface area (Å²) < 4.78 is 5.87. The molecule has 3 heteroatoms. The highest BCUT2D eigenvalue weighted by Gasteiger charge is 2.24. The Morgan fingerprint density at radius 3 is 2.85 bits per heavy atom. The molecule has 112 valence electrons. The number of para-hydroxylation sites is 1. The van der Waals surface area contributed by atoms with Gasteiger partial charge in [0.15, 0.2) is 0 Å². The van der Waals surface area contributed by atoms with Crippen LogP contribution in [0, 0.1) is 5.92 Å². The van der Waals surface area contributed by atoms with Gasteiger partial charge in [0.05, 0.1) is 0 Å². The minimum atomic E-state index is 0.566. The van der Waals surface area contributed by atoms with Crippen LogP contribution in [-0.2, 0) is 6.54 Å². The number of benzene rings is 1. The van der Waals surface area contributed by atoms with Crippen molar-refractivity contribution >= 4 is 0 Å². The van der Waals surface area contributed by atoms with Crippen molar-refractivity contribution in [1.82, 2.24) is 10.2 Å².